The van der Waals surface area contributed by atoms with Crippen LogP contribution in [0.25, 0.3) is 0 Å². The van der Waals surface area contributed by atoms with Crippen molar-refractivity contribution in [3.8, 4) is 0 Å². The second-order valence-electron chi connectivity index (χ2n) is 6.10. The Labute approximate surface area is 113 Å². The zero-order chi connectivity index (χ0) is 12.5. The van der Waals surface area contributed by atoms with Crippen molar-refractivity contribution in [3.63, 3.8) is 0 Å². The molecule has 2 aliphatic carbocycles. The summed E-state index contributed by atoms with van der Waals surface area (Å²) in [6.45, 7) is 0.558. The van der Waals surface area contributed by atoms with Crippen LogP contribution >= 0.6 is 11.3 Å². The SMILES string of the molecule is NCC(c1cccs1)C(O)CC1CC2CCC1C2. The molecule has 3 heteroatoms. The standard InChI is InChI=1S/C15H23NOS/c16-9-13(15-2-1-5-18-15)14(17)8-12-7-10-3-4-11(12)6-10/h1-2,5,10-14,17H,3-4,6-9,16H2. The number of thiophene rings is 1. The van der Waals surface area contributed by atoms with E-state index in [1.165, 1.54) is 30.6 Å². The molecule has 5 atom stereocenters. The molecule has 100 valence electrons. The van der Waals surface area contributed by atoms with E-state index in [4.69, 9.17) is 5.73 Å². The van der Waals surface area contributed by atoms with Crippen molar-refractivity contribution in [1.82, 2.24) is 0 Å². The molecule has 1 aromatic heterocycles. The molecule has 0 aromatic carbocycles. The maximum atomic E-state index is 10.5. The molecule has 3 rings (SSSR count). The molecular weight excluding hydrogens is 242 g/mol. The van der Waals surface area contributed by atoms with E-state index in [1.807, 2.05) is 6.07 Å². The van der Waals surface area contributed by atoms with Gasteiger partial charge in [0.25, 0.3) is 0 Å². The Hall–Kier alpha value is -0.380. The third-order valence-electron chi connectivity index (χ3n) is 5.06. The zero-order valence-corrected chi connectivity index (χ0v) is 11.6. The van der Waals surface area contributed by atoms with Gasteiger partial charge in [-0.2, -0.15) is 0 Å². The lowest BCUT2D eigenvalue weighted by molar-refractivity contribution is 0.102. The summed E-state index contributed by atoms with van der Waals surface area (Å²) < 4.78 is 0. The van der Waals surface area contributed by atoms with Crippen molar-refractivity contribution in [2.75, 3.05) is 6.54 Å². The van der Waals surface area contributed by atoms with Crippen LogP contribution in [0.4, 0.5) is 0 Å². The van der Waals surface area contributed by atoms with Gasteiger partial charge in [-0.1, -0.05) is 12.5 Å². The first kappa shape index (κ1) is 12.6. The van der Waals surface area contributed by atoms with Gasteiger partial charge in [-0.25, -0.2) is 0 Å². The van der Waals surface area contributed by atoms with Gasteiger partial charge in [0.05, 0.1) is 6.10 Å². The fraction of sp³-hybridized carbons (Fsp3) is 0.733. The molecule has 0 saturated heterocycles. The largest absolute Gasteiger partial charge is 0.392 e. The molecule has 0 aliphatic heterocycles. The molecule has 18 heavy (non-hydrogen) atoms. The highest BCUT2D eigenvalue weighted by atomic mass is 32.1. The quantitative estimate of drug-likeness (QED) is 0.859. The Kier molecular flexibility index (Phi) is 3.73. The van der Waals surface area contributed by atoms with Crippen LogP contribution in [0.1, 0.15) is 42.9 Å². The minimum Gasteiger partial charge on any atom is -0.392 e. The molecule has 2 aliphatic rings. The predicted octanol–water partition coefficient (Wildman–Crippen LogP) is 2.98. The predicted molar refractivity (Wildman–Crippen MR) is 75.7 cm³/mol. The molecule has 0 radical (unpaired) electrons. The van der Waals surface area contributed by atoms with Crippen LogP contribution in [0.3, 0.4) is 0 Å². The van der Waals surface area contributed by atoms with E-state index in [2.05, 4.69) is 11.4 Å². The van der Waals surface area contributed by atoms with E-state index >= 15 is 0 Å². The fourth-order valence-corrected chi connectivity index (χ4v) is 5.00. The Morgan fingerprint density at radius 2 is 2.28 bits per heavy atom. The van der Waals surface area contributed by atoms with Crippen molar-refractivity contribution in [2.45, 2.75) is 44.1 Å². The summed E-state index contributed by atoms with van der Waals surface area (Å²) in [5.41, 5.74) is 5.86. The van der Waals surface area contributed by atoms with Crippen LogP contribution in [-0.4, -0.2) is 17.8 Å². The summed E-state index contributed by atoms with van der Waals surface area (Å²) in [4.78, 5) is 1.24. The molecule has 0 amide bonds. The Bertz CT molecular complexity index is 378. The third-order valence-corrected chi connectivity index (χ3v) is 6.06. The minimum atomic E-state index is -0.252. The van der Waals surface area contributed by atoms with E-state index in [9.17, 15) is 5.11 Å². The highest BCUT2D eigenvalue weighted by Gasteiger charge is 2.40. The molecule has 0 spiro atoms. The number of fused-ring (bicyclic) bond motifs is 2. The summed E-state index contributed by atoms with van der Waals surface area (Å²) in [5.74, 6) is 2.76. The third kappa shape index (κ3) is 2.36. The van der Waals surface area contributed by atoms with E-state index < -0.39 is 0 Å². The summed E-state index contributed by atoms with van der Waals surface area (Å²) in [7, 11) is 0. The van der Waals surface area contributed by atoms with Gasteiger partial charge in [0.15, 0.2) is 0 Å². The van der Waals surface area contributed by atoms with Crippen molar-refractivity contribution >= 4 is 11.3 Å². The summed E-state index contributed by atoms with van der Waals surface area (Å²) in [6, 6.07) is 4.15. The lowest BCUT2D eigenvalue weighted by Crippen LogP contribution is -2.28. The lowest BCUT2D eigenvalue weighted by atomic mass is 9.82. The topological polar surface area (TPSA) is 46.2 Å². The van der Waals surface area contributed by atoms with Gasteiger partial charge in [0.2, 0.25) is 0 Å². The molecule has 1 aromatic rings. The average Bonchev–Trinajstić information content (AvgIpc) is 3.05. The minimum absolute atomic E-state index is 0.143. The molecule has 2 fully saturated rings. The van der Waals surface area contributed by atoms with E-state index in [0.717, 1.165) is 24.2 Å². The van der Waals surface area contributed by atoms with Crippen LogP contribution in [-0.2, 0) is 0 Å². The van der Waals surface area contributed by atoms with Gasteiger partial charge in [0.1, 0.15) is 0 Å². The number of rotatable bonds is 5. The summed E-state index contributed by atoms with van der Waals surface area (Å²) in [5, 5.41) is 12.6. The lowest BCUT2D eigenvalue weighted by Gasteiger charge is -2.27. The molecule has 5 unspecified atom stereocenters. The van der Waals surface area contributed by atoms with Crippen LogP contribution in [0, 0.1) is 17.8 Å². The number of aliphatic hydroxyl groups excluding tert-OH is 1. The first-order valence-corrected chi connectivity index (χ1v) is 8.07. The van der Waals surface area contributed by atoms with Gasteiger partial charge in [-0.15, -0.1) is 11.3 Å². The van der Waals surface area contributed by atoms with Gasteiger partial charge in [0, 0.05) is 17.3 Å². The first-order chi connectivity index (χ1) is 8.78. The first-order valence-electron chi connectivity index (χ1n) is 7.19. The van der Waals surface area contributed by atoms with Crippen molar-refractivity contribution in [3.05, 3.63) is 22.4 Å². The molecule has 2 nitrogen and oxygen atoms in total. The number of aliphatic hydroxyl groups is 1. The van der Waals surface area contributed by atoms with Crippen LogP contribution in [0.15, 0.2) is 17.5 Å². The van der Waals surface area contributed by atoms with Crippen LogP contribution in [0.5, 0.6) is 0 Å². The average molecular weight is 265 g/mol. The van der Waals surface area contributed by atoms with Gasteiger partial charge in [-0.3, -0.25) is 0 Å². The highest BCUT2D eigenvalue weighted by Crippen LogP contribution is 2.50. The number of hydrogen-bond donors (Lipinski definition) is 2. The van der Waals surface area contributed by atoms with Crippen LogP contribution < -0.4 is 5.73 Å². The molecule has 2 bridgehead atoms. The van der Waals surface area contributed by atoms with E-state index in [1.54, 1.807) is 11.3 Å². The maximum absolute atomic E-state index is 10.5. The summed E-state index contributed by atoms with van der Waals surface area (Å²) in [6.07, 6.45) is 6.31. The second-order valence-corrected chi connectivity index (χ2v) is 7.07. The van der Waals surface area contributed by atoms with Gasteiger partial charge >= 0.3 is 0 Å². The van der Waals surface area contributed by atoms with Crippen molar-refractivity contribution in [1.29, 1.82) is 0 Å². The highest BCUT2D eigenvalue weighted by molar-refractivity contribution is 7.10. The molecule has 1 heterocycles. The van der Waals surface area contributed by atoms with Crippen molar-refractivity contribution < 1.29 is 5.11 Å². The van der Waals surface area contributed by atoms with Crippen molar-refractivity contribution in [2.24, 2.45) is 23.5 Å². The van der Waals surface area contributed by atoms with Gasteiger partial charge in [-0.05, 0) is 54.9 Å². The van der Waals surface area contributed by atoms with Gasteiger partial charge < -0.3 is 10.8 Å². The number of hydrogen-bond acceptors (Lipinski definition) is 3. The van der Waals surface area contributed by atoms with Crippen LogP contribution in [0.2, 0.25) is 0 Å². The molecule has 3 N–H and O–H groups in total. The van der Waals surface area contributed by atoms with E-state index in [0.29, 0.717) is 6.54 Å². The zero-order valence-electron chi connectivity index (χ0n) is 10.8. The Balaban J connectivity index is 1.61. The summed E-state index contributed by atoms with van der Waals surface area (Å²) >= 11 is 1.72. The molecule has 2 saturated carbocycles. The monoisotopic (exact) mass is 265 g/mol. The fourth-order valence-electron chi connectivity index (χ4n) is 4.10. The maximum Gasteiger partial charge on any atom is 0.0631 e. The number of nitrogens with two attached hydrogens (primary N) is 1. The normalized spacial score (nSPS) is 33.8. The smallest absolute Gasteiger partial charge is 0.0631 e. The van der Waals surface area contributed by atoms with E-state index in [-0.39, 0.29) is 12.0 Å². The Morgan fingerprint density at radius 1 is 1.39 bits per heavy atom. The Morgan fingerprint density at radius 3 is 2.83 bits per heavy atom. The molecular formula is C15H23NOS. The second kappa shape index (κ2) is 5.32.